The lowest BCUT2D eigenvalue weighted by Crippen LogP contribution is -2.26. The molecule has 1 aromatic rings. The molecule has 144 valence electrons. The van der Waals surface area contributed by atoms with Crippen LogP contribution in [-0.2, 0) is 9.59 Å². The summed E-state index contributed by atoms with van der Waals surface area (Å²) in [4.78, 5) is 40.2. The summed E-state index contributed by atoms with van der Waals surface area (Å²) < 4.78 is 0. The fourth-order valence-corrected chi connectivity index (χ4v) is 2.57. The molecule has 0 unspecified atom stereocenters. The molecular weight excluding hydrogens is 342 g/mol. The van der Waals surface area contributed by atoms with Gasteiger partial charge in [0.05, 0.1) is 0 Å². The Morgan fingerprint density at radius 3 is 2.52 bits per heavy atom. The van der Waals surface area contributed by atoms with Gasteiger partial charge in [-0.25, -0.2) is 0 Å². The lowest BCUT2D eigenvalue weighted by Gasteiger charge is -2.11. The predicted molar refractivity (Wildman–Crippen MR) is 107 cm³/mol. The van der Waals surface area contributed by atoms with Crippen molar-refractivity contribution in [2.24, 2.45) is 10.9 Å². The molecule has 0 aliphatic heterocycles. The summed E-state index contributed by atoms with van der Waals surface area (Å²) in [5.41, 5.74) is 3.20. The molecule has 6 heteroatoms. The Morgan fingerprint density at radius 2 is 1.93 bits per heavy atom. The van der Waals surface area contributed by atoms with E-state index in [0.717, 1.165) is 24.1 Å². The van der Waals surface area contributed by atoms with Gasteiger partial charge in [-0.3, -0.25) is 19.4 Å². The second kappa shape index (κ2) is 9.26. The van der Waals surface area contributed by atoms with E-state index in [9.17, 15) is 14.4 Å². The first-order valence-corrected chi connectivity index (χ1v) is 9.23. The van der Waals surface area contributed by atoms with Gasteiger partial charge >= 0.3 is 0 Å². The third kappa shape index (κ3) is 6.16. The fraction of sp³-hybridized carbons (Fsp3) is 0.429. The maximum absolute atomic E-state index is 12.6. The molecule has 0 radical (unpaired) electrons. The fourth-order valence-electron chi connectivity index (χ4n) is 2.57. The molecule has 0 atom stereocenters. The molecule has 27 heavy (non-hydrogen) atoms. The molecule has 1 aromatic carbocycles. The number of anilines is 1. The highest BCUT2D eigenvalue weighted by Gasteiger charge is 2.25. The highest BCUT2D eigenvalue weighted by molar-refractivity contribution is 6.06. The normalized spacial score (nSPS) is 14.7. The van der Waals surface area contributed by atoms with Crippen LogP contribution in [-0.4, -0.2) is 29.9 Å². The van der Waals surface area contributed by atoms with E-state index in [1.54, 1.807) is 31.2 Å². The molecule has 1 aliphatic carbocycles. The van der Waals surface area contributed by atoms with E-state index in [4.69, 9.17) is 0 Å². The van der Waals surface area contributed by atoms with Gasteiger partial charge < -0.3 is 10.6 Å². The standard InChI is InChI=1S/C21H27N3O3/c1-5-18(23-15(4)16-8-9-16)21(27)24-19-12-17(7-6-13(19)2)20(26)22-11-10-14(3)25/h5-7,12,16H,8-11H2,1-4H3,(H,22,26)(H,24,27)/b18-5-,23-15+. The predicted octanol–water partition coefficient (Wildman–Crippen LogP) is 3.42. The minimum Gasteiger partial charge on any atom is -0.352 e. The third-order valence-electron chi connectivity index (χ3n) is 4.48. The number of hydrogen-bond donors (Lipinski definition) is 2. The summed E-state index contributed by atoms with van der Waals surface area (Å²) in [5.74, 6) is -0.0556. The molecule has 1 fully saturated rings. The van der Waals surface area contributed by atoms with Gasteiger partial charge in [-0.1, -0.05) is 12.1 Å². The van der Waals surface area contributed by atoms with Crippen molar-refractivity contribution in [2.75, 3.05) is 11.9 Å². The summed E-state index contributed by atoms with van der Waals surface area (Å²) >= 11 is 0. The number of nitrogens with zero attached hydrogens (tertiary/aromatic N) is 1. The molecule has 0 bridgehead atoms. The number of aryl methyl sites for hydroxylation is 1. The van der Waals surface area contributed by atoms with Crippen molar-refractivity contribution >= 4 is 29.0 Å². The van der Waals surface area contributed by atoms with Crippen molar-refractivity contribution < 1.29 is 14.4 Å². The third-order valence-corrected chi connectivity index (χ3v) is 4.48. The molecule has 2 N–H and O–H groups in total. The first-order chi connectivity index (χ1) is 12.8. The number of allylic oxidation sites excluding steroid dienone is 1. The molecule has 0 heterocycles. The molecule has 2 amide bonds. The maximum Gasteiger partial charge on any atom is 0.273 e. The molecule has 0 saturated heterocycles. The van der Waals surface area contributed by atoms with Gasteiger partial charge in [0.25, 0.3) is 11.8 Å². The zero-order valence-corrected chi connectivity index (χ0v) is 16.4. The van der Waals surface area contributed by atoms with Crippen LogP contribution in [0.25, 0.3) is 0 Å². The van der Waals surface area contributed by atoms with Gasteiger partial charge in [0, 0.05) is 29.9 Å². The van der Waals surface area contributed by atoms with Crippen LogP contribution in [0.4, 0.5) is 5.69 Å². The monoisotopic (exact) mass is 369 g/mol. The van der Waals surface area contributed by atoms with E-state index in [0.29, 0.717) is 35.8 Å². The molecule has 6 nitrogen and oxygen atoms in total. The van der Waals surface area contributed by atoms with Crippen LogP contribution in [0, 0.1) is 12.8 Å². The van der Waals surface area contributed by atoms with Crippen LogP contribution in [0.1, 0.15) is 56.0 Å². The van der Waals surface area contributed by atoms with Gasteiger partial charge in [-0.05, 0) is 64.2 Å². The molecule has 1 aliphatic rings. The summed E-state index contributed by atoms with van der Waals surface area (Å²) in [6.07, 6.45) is 4.25. The molecular formula is C21H27N3O3. The average Bonchev–Trinajstić information content (AvgIpc) is 3.45. The molecule has 2 rings (SSSR count). The Labute approximate surface area is 160 Å². The minimum absolute atomic E-state index is 0.0214. The lowest BCUT2D eigenvalue weighted by atomic mass is 10.1. The van der Waals surface area contributed by atoms with Gasteiger partial charge in [0.1, 0.15) is 11.5 Å². The van der Waals surface area contributed by atoms with Crippen molar-refractivity contribution in [3.8, 4) is 0 Å². The van der Waals surface area contributed by atoms with Crippen molar-refractivity contribution in [1.29, 1.82) is 0 Å². The Bertz CT molecular complexity index is 805. The van der Waals surface area contributed by atoms with Crippen LogP contribution in [0.15, 0.2) is 35.0 Å². The largest absolute Gasteiger partial charge is 0.352 e. The van der Waals surface area contributed by atoms with Gasteiger partial charge in [-0.2, -0.15) is 0 Å². The SMILES string of the molecule is C/C=C(\N=C(/C)C1CC1)C(=O)Nc1cc(C(=O)NCCC(C)=O)ccc1C. The van der Waals surface area contributed by atoms with Gasteiger partial charge in [0.15, 0.2) is 0 Å². The highest BCUT2D eigenvalue weighted by atomic mass is 16.2. The Balaban J connectivity index is 2.08. The van der Waals surface area contributed by atoms with E-state index in [-0.39, 0.29) is 17.6 Å². The van der Waals surface area contributed by atoms with Crippen molar-refractivity contribution in [3.63, 3.8) is 0 Å². The van der Waals surface area contributed by atoms with Crippen LogP contribution in [0.2, 0.25) is 0 Å². The smallest absolute Gasteiger partial charge is 0.273 e. The van der Waals surface area contributed by atoms with Gasteiger partial charge in [0.2, 0.25) is 0 Å². The zero-order chi connectivity index (χ0) is 20.0. The maximum atomic E-state index is 12.6. The van der Waals surface area contributed by atoms with Crippen molar-refractivity contribution in [3.05, 3.63) is 41.1 Å². The highest BCUT2D eigenvalue weighted by Crippen LogP contribution is 2.31. The average molecular weight is 369 g/mol. The second-order valence-corrected chi connectivity index (χ2v) is 6.89. The number of ketones is 1. The topological polar surface area (TPSA) is 87.6 Å². The number of amides is 2. The summed E-state index contributed by atoms with van der Waals surface area (Å²) in [5, 5.41) is 5.55. The number of carbonyl (C=O) groups excluding carboxylic acids is 3. The van der Waals surface area contributed by atoms with Crippen molar-refractivity contribution in [1.82, 2.24) is 5.32 Å². The van der Waals surface area contributed by atoms with E-state index >= 15 is 0 Å². The van der Waals surface area contributed by atoms with Crippen LogP contribution in [0.3, 0.4) is 0 Å². The zero-order valence-electron chi connectivity index (χ0n) is 16.4. The number of nitrogens with one attached hydrogen (secondary N) is 2. The first kappa shape index (κ1) is 20.6. The van der Waals surface area contributed by atoms with E-state index in [1.807, 2.05) is 13.8 Å². The molecule has 0 spiro atoms. The summed E-state index contributed by atoms with van der Waals surface area (Å²) in [6, 6.07) is 5.12. The lowest BCUT2D eigenvalue weighted by molar-refractivity contribution is -0.117. The van der Waals surface area contributed by atoms with Crippen molar-refractivity contribution in [2.45, 2.75) is 47.0 Å². The van der Waals surface area contributed by atoms with Gasteiger partial charge in [-0.15, -0.1) is 0 Å². The number of aliphatic imine (C=N–C) groups is 1. The summed E-state index contributed by atoms with van der Waals surface area (Å²) in [6.45, 7) is 7.37. The van der Waals surface area contributed by atoms with E-state index in [1.165, 1.54) is 6.92 Å². The number of benzene rings is 1. The Morgan fingerprint density at radius 1 is 1.22 bits per heavy atom. The Hall–Kier alpha value is -2.76. The van der Waals surface area contributed by atoms with E-state index in [2.05, 4.69) is 15.6 Å². The number of rotatable bonds is 8. The molecule has 1 saturated carbocycles. The Kier molecular flexibility index (Phi) is 7.05. The number of hydrogen-bond acceptors (Lipinski definition) is 4. The molecule has 0 aromatic heterocycles. The number of carbonyl (C=O) groups is 3. The minimum atomic E-state index is -0.297. The van der Waals surface area contributed by atoms with Crippen LogP contribution >= 0.6 is 0 Å². The quantitative estimate of drug-likeness (QED) is 0.544. The summed E-state index contributed by atoms with van der Waals surface area (Å²) in [7, 11) is 0. The first-order valence-electron chi connectivity index (χ1n) is 9.23. The van der Waals surface area contributed by atoms with E-state index < -0.39 is 0 Å². The van der Waals surface area contributed by atoms with Crippen LogP contribution in [0.5, 0.6) is 0 Å². The number of Topliss-reactive ketones (excluding diaryl/α,β-unsaturated/α-hetero) is 1. The van der Waals surface area contributed by atoms with Crippen LogP contribution < -0.4 is 10.6 Å². The second-order valence-electron chi connectivity index (χ2n) is 6.89.